The van der Waals surface area contributed by atoms with Crippen LogP contribution >= 0.6 is 11.6 Å². The molecule has 0 saturated heterocycles. The van der Waals surface area contributed by atoms with Crippen molar-refractivity contribution in [1.29, 1.82) is 0 Å². The number of amides is 1. The molecule has 0 N–H and O–H groups in total. The number of carbonyl (C=O) groups excluding carboxylic acids is 1. The summed E-state index contributed by atoms with van der Waals surface area (Å²) in [5, 5.41) is -0.138. The Balaban J connectivity index is 2.76. The van der Waals surface area contributed by atoms with E-state index in [-0.39, 0.29) is 16.8 Å². The highest BCUT2D eigenvalue weighted by molar-refractivity contribution is 6.20. The van der Waals surface area contributed by atoms with Crippen LogP contribution in [0.4, 0.5) is 4.39 Å². The van der Waals surface area contributed by atoms with Crippen LogP contribution in [0.5, 0.6) is 0 Å². The Bertz CT molecular complexity index is 357. The second-order valence-electron chi connectivity index (χ2n) is 3.36. The van der Waals surface area contributed by atoms with Crippen molar-refractivity contribution in [2.45, 2.75) is 12.3 Å². The van der Waals surface area contributed by atoms with Gasteiger partial charge in [-0.05, 0) is 13.0 Å². The number of aromatic nitrogens is 1. The first-order valence-corrected chi connectivity index (χ1v) is 4.94. The third-order valence-corrected chi connectivity index (χ3v) is 1.96. The molecule has 1 heterocycles. The summed E-state index contributed by atoms with van der Waals surface area (Å²) >= 11 is 5.75. The van der Waals surface area contributed by atoms with Gasteiger partial charge in [-0.3, -0.25) is 9.78 Å². The second kappa shape index (κ2) is 5.07. The highest BCUT2D eigenvalue weighted by atomic mass is 35.5. The molecule has 0 aliphatic heterocycles. The van der Waals surface area contributed by atoms with Gasteiger partial charge in [-0.1, -0.05) is 0 Å². The van der Waals surface area contributed by atoms with Crippen LogP contribution in [0.25, 0.3) is 0 Å². The van der Waals surface area contributed by atoms with E-state index in [0.717, 1.165) is 12.3 Å². The van der Waals surface area contributed by atoms with Crippen molar-refractivity contribution in [2.24, 2.45) is 0 Å². The maximum Gasteiger partial charge on any atom is 0.255 e. The molecule has 3 nitrogen and oxygen atoms in total. The lowest BCUT2D eigenvalue weighted by molar-refractivity contribution is 0.0795. The van der Waals surface area contributed by atoms with E-state index in [4.69, 9.17) is 11.6 Å². The summed E-state index contributed by atoms with van der Waals surface area (Å²) in [6, 6.07) is 1.16. The minimum absolute atomic E-state index is 0.138. The van der Waals surface area contributed by atoms with Gasteiger partial charge in [-0.2, -0.15) is 0 Å². The van der Waals surface area contributed by atoms with Crippen molar-refractivity contribution < 1.29 is 9.18 Å². The van der Waals surface area contributed by atoms with E-state index in [1.807, 2.05) is 0 Å². The van der Waals surface area contributed by atoms with Crippen molar-refractivity contribution >= 4 is 17.5 Å². The largest absolute Gasteiger partial charge is 0.340 e. The summed E-state index contributed by atoms with van der Waals surface area (Å²) in [6.45, 7) is 2.20. The predicted octanol–water partition coefficient (Wildman–Crippen LogP) is 1.92. The Morgan fingerprint density at radius 3 is 2.87 bits per heavy atom. The fourth-order valence-corrected chi connectivity index (χ4v) is 1.42. The summed E-state index contributed by atoms with van der Waals surface area (Å²) < 4.78 is 12.8. The molecule has 5 heteroatoms. The molecule has 0 aliphatic rings. The van der Waals surface area contributed by atoms with Gasteiger partial charge in [0.1, 0.15) is 5.82 Å². The van der Waals surface area contributed by atoms with Crippen LogP contribution in [0.3, 0.4) is 0 Å². The van der Waals surface area contributed by atoms with Gasteiger partial charge in [0.15, 0.2) is 0 Å². The van der Waals surface area contributed by atoms with Gasteiger partial charge in [0.2, 0.25) is 0 Å². The number of hydrogen-bond acceptors (Lipinski definition) is 2. The highest BCUT2D eigenvalue weighted by Crippen LogP contribution is 2.06. The zero-order valence-electron chi connectivity index (χ0n) is 8.58. The number of alkyl halides is 1. The third-order valence-electron chi connectivity index (χ3n) is 1.82. The lowest BCUT2D eigenvalue weighted by Gasteiger charge is -2.18. The second-order valence-corrected chi connectivity index (χ2v) is 4.10. The first-order chi connectivity index (χ1) is 7.00. The monoisotopic (exact) mass is 230 g/mol. The van der Waals surface area contributed by atoms with Crippen LogP contribution in [-0.2, 0) is 0 Å². The minimum atomic E-state index is -0.520. The van der Waals surface area contributed by atoms with Gasteiger partial charge in [-0.25, -0.2) is 4.39 Å². The molecule has 1 unspecified atom stereocenters. The van der Waals surface area contributed by atoms with Crippen molar-refractivity contribution in [3.05, 3.63) is 29.8 Å². The van der Waals surface area contributed by atoms with Gasteiger partial charge in [0.05, 0.1) is 11.8 Å². The fraction of sp³-hybridized carbons (Fsp3) is 0.400. The maximum atomic E-state index is 12.8. The van der Waals surface area contributed by atoms with Crippen LogP contribution in [0.1, 0.15) is 17.3 Å². The van der Waals surface area contributed by atoms with E-state index in [2.05, 4.69) is 4.98 Å². The van der Waals surface area contributed by atoms with E-state index in [1.54, 1.807) is 14.0 Å². The van der Waals surface area contributed by atoms with Crippen molar-refractivity contribution in [1.82, 2.24) is 9.88 Å². The predicted molar refractivity (Wildman–Crippen MR) is 56.5 cm³/mol. The highest BCUT2D eigenvalue weighted by Gasteiger charge is 2.14. The van der Waals surface area contributed by atoms with Crippen LogP contribution < -0.4 is 0 Å². The number of rotatable bonds is 3. The molecule has 0 bridgehead atoms. The van der Waals surface area contributed by atoms with E-state index in [0.29, 0.717) is 6.54 Å². The standard InChI is InChI=1S/C10H12ClFN2O/c1-7(11)6-14(2)10(15)8-3-9(12)5-13-4-8/h3-5,7H,6H2,1-2H3. The summed E-state index contributed by atoms with van der Waals surface area (Å²) in [6.07, 6.45) is 2.39. The zero-order chi connectivity index (χ0) is 11.4. The lowest BCUT2D eigenvalue weighted by Crippen LogP contribution is -2.31. The molecule has 1 aromatic rings. The van der Waals surface area contributed by atoms with Crippen LogP contribution in [0.15, 0.2) is 18.5 Å². The first-order valence-electron chi connectivity index (χ1n) is 4.51. The summed E-state index contributed by atoms with van der Waals surface area (Å²) in [7, 11) is 1.62. The molecule has 0 aliphatic carbocycles. The molecule has 1 aromatic heterocycles. The average Bonchev–Trinajstić information content (AvgIpc) is 2.15. The molecular weight excluding hydrogens is 219 g/mol. The van der Waals surface area contributed by atoms with Crippen molar-refractivity contribution in [2.75, 3.05) is 13.6 Å². The van der Waals surface area contributed by atoms with Gasteiger partial charge < -0.3 is 4.90 Å². The first kappa shape index (κ1) is 11.9. The molecule has 0 spiro atoms. The normalized spacial score (nSPS) is 12.3. The number of pyridine rings is 1. The molecule has 1 rings (SSSR count). The van der Waals surface area contributed by atoms with E-state index in [9.17, 15) is 9.18 Å². The number of carbonyl (C=O) groups is 1. The molecule has 15 heavy (non-hydrogen) atoms. The van der Waals surface area contributed by atoms with Crippen LogP contribution in [0, 0.1) is 5.82 Å². The Morgan fingerprint density at radius 1 is 1.67 bits per heavy atom. The summed E-state index contributed by atoms with van der Waals surface area (Å²) in [4.78, 5) is 16.7. The molecule has 0 aromatic carbocycles. The number of hydrogen-bond donors (Lipinski definition) is 0. The van der Waals surface area contributed by atoms with Gasteiger partial charge in [0, 0.05) is 25.2 Å². The average molecular weight is 231 g/mol. The number of nitrogens with zero attached hydrogens (tertiary/aromatic N) is 2. The lowest BCUT2D eigenvalue weighted by atomic mass is 10.2. The molecule has 0 radical (unpaired) electrons. The molecule has 82 valence electrons. The molecule has 1 atom stereocenters. The number of halogens is 2. The van der Waals surface area contributed by atoms with Crippen molar-refractivity contribution in [3.8, 4) is 0 Å². The van der Waals surface area contributed by atoms with Crippen LogP contribution in [0.2, 0.25) is 0 Å². The Morgan fingerprint density at radius 2 is 2.33 bits per heavy atom. The molecular formula is C10H12ClFN2O. The van der Waals surface area contributed by atoms with Gasteiger partial charge in [0.25, 0.3) is 5.91 Å². The molecule has 0 fully saturated rings. The Hall–Kier alpha value is -1.16. The summed E-state index contributed by atoms with van der Waals surface area (Å²) in [5.41, 5.74) is 0.231. The quantitative estimate of drug-likeness (QED) is 0.744. The molecule has 1 amide bonds. The Kier molecular flexibility index (Phi) is 4.03. The summed E-state index contributed by atoms with van der Waals surface area (Å²) in [5.74, 6) is -0.803. The Labute approximate surface area is 92.9 Å². The SMILES string of the molecule is CC(Cl)CN(C)C(=O)c1cncc(F)c1. The maximum absolute atomic E-state index is 12.8. The topological polar surface area (TPSA) is 33.2 Å². The zero-order valence-corrected chi connectivity index (χ0v) is 9.33. The van der Waals surface area contributed by atoms with E-state index in [1.165, 1.54) is 11.1 Å². The van der Waals surface area contributed by atoms with Gasteiger partial charge >= 0.3 is 0 Å². The van der Waals surface area contributed by atoms with Gasteiger partial charge in [-0.15, -0.1) is 11.6 Å². The smallest absolute Gasteiger partial charge is 0.255 e. The molecule has 0 saturated carbocycles. The van der Waals surface area contributed by atoms with E-state index >= 15 is 0 Å². The third kappa shape index (κ3) is 3.47. The fourth-order valence-electron chi connectivity index (χ4n) is 1.21. The van der Waals surface area contributed by atoms with Crippen molar-refractivity contribution in [3.63, 3.8) is 0 Å². The van der Waals surface area contributed by atoms with E-state index < -0.39 is 5.82 Å². The minimum Gasteiger partial charge on any atom is -0.340 e. The van der Waals surface area contributed by atoms with Crippen LogP contribution in [-0.4, -0.2) is 34.8 Å².